The Morgan fingerprint density at radius 2 is 2.06 bits per heavy atom. The van der Waals surface area contributed by atoms with Crippen LogP contribution in [0.4, 0.5) is 10.1 Å². The van der Waals surface area contributed by atoms with E-state index in [2.05, 4.69) is 22.9 Å². The largest absolute Gasteiger partial charge is 0.312 e. The highest BCUT2D eigenvalue weighted by Gasteiger charge is 2.15. The summed E-state index contributed by atoms with van der Waals surface area (Å²) < 4.78 is 13.6. The minimum absolute atomic E-state index is 0.101. The first kappa shape index (κ1) is 15.2. The van der Waals surface area contributed by atoms with Gasteiger partial charge in [-0.3, -0.25) is 4.79 Å². The van der Waals surface area contributed by atoms with Crippen LogP contribution < -0.4 is 4.90 Å². The summed E-state index contributed by atoms with van der Waals surface area (Å²) >= 11 is 3.16. The highest BCUT2D eigenvalue weighted by Crippen LogP contribution is 2.24. The van der Waals surface area contributed by atoms with Crippen molar-refractivity contribution in [1.29, 1.82) is 0 Å². The van der Waals surface area contributed by atoms with Crippen LogP contribution >= 0.6 is 15.9 Å². The van der Waals surface area contributed by atoms with Crippen molar-refractivity contribution in [2.75, 3.05) is 11.4 Å². The van der Waals surface area contributed by atoms with E-state index in [9.17, 15) is 9.18 Å². The molecular formula is C14H19BrFNO. The van der Waals surface area contributed by atoms with Crippen molar-refractivity contribution in [1.82, 2.24) is 0 Å². The molecule has 1 amide bonds. The molecular weight excluding hydrogens is 297 g/mol. The maximum atomic E-state index is 13.2. The topological polar surface area (TPSA) is 20.3 Å². The Kier molecular flexibility index (Phi) is 6.33. The lowest BCUT2D eigenvalue weighted by molar-refractivity contribution is -0.118. The fraction of sp³-hybridized carbons (Fsp3) is 0.500. The van der Waals surface area contributed by atoms with Gasteiger partial charge in [-0.25, -0.2) is 4.39 Å². The smallest absolute Gasteiger partial charge is 0.226 e. The Hall–Kier alpha value is -0.900. The van der Waals surface area contributed by atoms with Gasteiger partial charge in [0.05, 0.1) is 4.47 Å². The normalized spacial score (nSPS) is 10.4. The molecule has 0 spiro atoms. The highest BCUT2D eigenvalue weighted by atomic mass is 79.9. The SMILES string of the molecule is CCCCN(C(=O)CCC)c1ccc(F)c(Br)c1. The van der Waals surface area contributed by atoms with Gasteiger partial charge in [-0.2, -0.15) is 0 Å². The molecule has 1 aromatic rings. The Bertz CT molecular complexity index is 409. The zero-order chi connectivity index (χ0) is 13.5. The molecule has 4 heteroatoms. The fourth-order valence-electron chi connectivity index (χ4n) is 1.72. The van der Waals surface area contributed by atoms with Crippen LogP contribution in [0.25, 0.3) is 0 Å². The molecule has 0 unspecified atom stereocenters. The van der Waals surface area contributed by atoms with Crippen LogP contribution in [-0.4, -0.2) is 12.5 Å². The van der Waals surface area contributed by atoms with Gasteiger partial charge in [0.15, 0.2) is 0 Å². The lowest BCUT2D eigenvalue weighted by Crippen LogP contribution is -2.31. The number of anilines is 1. The van der Waals surface area contributed by atoms with E-state index in [1.54, 1.807) is 17.0 Å². The number of amides is 1. The number of nitrogens with zero attached hydrogens (tertiary/aromatic N) is 1. The quantitative estimate of drug-likeness (QED) is 0.755. The van der Waals surface area contributed by atoms with E-state index in [4.69, 9.17) is 0 Å². The average molecular weight is 316 g/mol. The Morgan fingerprint density at radius 1 is 1.33 bits per heavy atom. The maximum Gasteiger partial charge on any atom is 0.226 e. The van der Waals surface area contributed by atoms with E-state index in [1.807, 2.05) is 6.92 Å². The number of hydrogen-bond donors (Lipinski definition) is 0. The van der Waals surface area contributed by atoms with Crippen molar-refractivity contribution >= 4 is 27.5 Å². The van der Waals surface area contributed by atoms with E-state index in [1.165, 1.54) is 6.07 Å². The first-order valence-corrected chi connectivity index (χ1v) is 7.14. The number of unbranched alkanes of at least 4 members (excludes halogenated alkanes) is 1. The number of benzene rings is 1. The van der Waals surface area contributed by atoms with Gasteiger partial charge in [-0.15, -0.1) is 0 Å². The van der Waals surface area contributed by atoms with Crippen LogP contribution in [0.3, 0.4) is 0 Å². The predicted octanol–water partition coefficient (Wildman–Crippen LogP) is 4.52. The molecule has 0 N–H and O–H groups in total. The highest BCUT2D eigenvalue weighted by molar-refractivity contribution is 9.10. The standard InChI is InChI=1S/C14H19BrFNO/c1-3-5-9-17(14(18)6-4-2)11-7-8-13(16)12(15)10-11/h7-8,10H,3-6,9H2,1-2H3. The minimum atomic E-state index is -0.308. The second-order valence-corrected chi connectivity index (χ2v) is 5.10. The van der Waals surface area contributed by atoms with Gasteiger partial charge < -0.3 is 4.90 Å². The van der Waals surface area contributed by atoms with Crippen molar-refractivity contribution in [2.24, 2.45) is 0 Å². The molecule has 0 bridgehead atoms. The number of carbonyl (C=O) groups excluding carboxylic acids is 1. The molecule has 0 aromatic heterocycles. The molecule has 1 aromatic carbocycles. The Labute approximate surface area is 116 Å². The zero-order valence-electron chi connectivity index (χ0n) is 10.9. The van der Waals surface area contributed by atoms with Crippen molar-refractivity contribution in [3.05, 3.63) is 28.5 Å². The number of rotatable bonds is 6. The Morgan fingerprint density at radius 3 is 2.61 bits per heavy atom. The average Bonchev–Trinajstić information content (AvgIpc) is 2.34. The summed E-state index contributed by atoms with van der Waals surface area (Å²) in [4.78, 5) is 13.8. The van der Waals surface area contributed by atoms with Crippen molar-refractivity contribution in [2.45, 2.75) is 39.5 Å². The lowest BCUT2D eigenvalue weighted by Gasteiger charge is -2.23. The summed E-state index contributed by atoms with van der Waals surface area (Å²) in [6, 6.07) is 4.71. The third-order valence-electron chi connectivity index (χ3n) is 2.72. The van der Waals surface area contributed by atoms with E-state index in [-0.39, 0.29) is 11.7 Å². The molecule has 0 radical (unpaired) electrons. The van der Waals surface area contributed by atoms with Crippen LogP contribution in [-0.2, 0) is 4.79 Å². The van der Waals surface area contributed by atoms with Gasteiger partial charge >= 0.3 is 0 Å². The van der Waals surface area contributed by atoms with Gasteiger partial charge in [0.1, 0.15) is 5.82 Å². The number of halogens is 2. The molecule has 100 valence electrons. The molecule has 0 saturated carbocycles. The van der Waals surface area contributed by atoms with Crippen LogP contribution in [0.15, 0.2) is 22.7 Å². The molecule has 2 nitrogen and oxygen atoms in total. The molecule has 1 rings (SSSR count). The Balaban J connectivity index is 2.93. The van der Waals surface area contributed by atoms with Crippen molar-refractivity contribution in [3.63, 3.8) is 0 Å². The molecule has 0 aliphatic rings. The number of carbonyl (C=O) groups is 1. The van der Waals surface area contributed by atoms with Gasteiger partial charge in [0, 0.05) is 18.7 Å². The van der Waals surface area contributed by atoms with Gasteiger partial charge in [-0.05, 0) is 47.0 Å². The third-order valence-corrected chi connectivity index (χ3v) is 3.32. The molecule has 0 aliphatic carbocycles. The molecule has 18 heavy (non-hydrogen) atoms. The monoisotopic (exact) mass is 315 g/mol. The van der Waals surface area contributed by atoms with E-state index >= 15 is 0 Å². The summed E-state index contributed by atoms with van der Waals surface area (Å²) in [6.07, 6.45) is 3.32. The summed E-state index contributed by atoms with van der Waals surface area (Å²) in [6.45, 7) is 4.76. The van der Waals surface area contributed by atoms with Gasteiger partial charge in [0.2, 0.25) is 5.91 Å². The van der Waals surface area contributed by atoms with Gasteiger partial charge in [-0.1, -0.05) is 20.3 Å². The first-order chi connectivity index (χ1) is 8.60. The second-order valence-electron chi connectivity index (χ2n) is 4.25. The molecule has 0 fully saturated rings. The van der Waals surface area contributed by atoms with Crippen LogP contribution in [0.1, 0.15) is 39.5 Å². The summed E-state index contributed by atoms with van der Waals surface area (Å²) in [7, 11) is 0. The van der Waals surface area contributed by atoms with Crippen molar-refractivity contribution < 1.29 is 9.18 Å². The van der Waals surface area contributed by atoms with Crippen molar-refractivity contribution in [3.8, 4) is 0 Å². The summed E-state index contributed by atoms with van der Waals surface area (Å²) in [5.41, 5.74) is 0.759. The summed E-state index contributed by atoms with van der Waals surface area (Å²) in [5.74, 6) is -0.207. The number of hydrogen-bond acceptors (Lipinski definition) is 1. The van der Waals surface area contributed by atoms with E-state index in [0.29, 0.717) is 17.4 Å². The fourth-order valence-corrected chi connectivity index (χ4v) is 2.08. The van der Waals surface area contributed by atoms with Gasteiger partial charge in [0.25, 0.3) is 0 Å². The predicted molar refractivity (Wildman–Crippen MR) is 76.3 cm³/mol. The van der Waals surface area contributed by atoms with Crippen LogP contribution in [0.5, 0.6) is 0 Å². The minimum Gasteiger partial charge on any atom is -0.312 e. The zero-order valence-corrected chi connectivity index (χ0v) is 12.5. The maximum absolute atomic E-state index is 13.2. The molecule has 0 saturated heterocycles. The first-order valence-electron chi connectivity index (χ1n) is 6.35. The van der Waals surface area contributed by atoms with E-state index < -0.39 is 0 Å². The molecule has 0 atom stereocenters. The summed E-state index contributed by atoms with van der Waals surface area (Å²) in [5, 5.41) is 0. The third kappa shape index (κ3) is 4.09. The molecule has 0 aliphatic heterocycles. The molecule has 0 heterocycles. The van der Waals surface area contributed by atoms with E-state index in [0.717, 1.165) is 24.9 Å². The second kappa shape index (κ2) is 7.52. The van der Waals surface area contributed by atoms with Crippen LogP contribution in [0, 0.1) is 5.82 Å². The lowest BCUT2D eigenvalue weighted by atomic mass is 10.2. The van der Waals surface area contributed by atoms with Crippen LogP contribution in [0.2, 0.25) is 0 Å².